The zero-order chi connectivity index (χ0) is 36.4. The van der Waals surface area contributed by atoms with Crippen LogP contribution in [0.4, 0.5) is 0 Å². The van der Waals surface area contributed by atoms with Gasteiger partial charge in [0.15, 0.2) is 0 Å². The van der Waals surface area contributed by atoms with Crippen LogP contribution >= 0.6 is 11.3 Å². The van der Waals surface area contributed by atoms with E-state index in [1.165, 1.54) is 23.2 Å². The third kappa shape index (κ3) is 10.4. The van der Waals surface area contributed by atoms with Crippen LogP contribution in [0.25, 0.3) is 0 Å². The van der Waals surface area contributed by atoms with E-state index in [0.717, 1.165) is 11.1 Å². The molecule has 2 aromatic carbocycles. The van der Waals surface area contributed by atoms with Gasteiger partial charge >= 0.3 is 0 Å². The second-order valence-electron chi connectivity index (χ2n) is 12.8. The van der Waals surface area contributed by atoms with E-state index in [4.69, 9.17) is 0 Å². The molecule has 4 rings (SSSR count). The maximum atomic E-state index is 13.7. The molecule has 0 saturated carbocycles. The van der Waals surface area contributed by atoms with Gasteiger partial charge in [0, 0.05) is 32.1 Å². The summed E-state index contributed by atoms with van der Waals surface area (Å²) in [4.78, 5) is 74.6. The Labute approximate surface area is 296 Å². The van der Waals surface area contributed by atoms with Crippen molar-refractivity contribution in [3.05, 3.63) is 87.4 Å². The van der Waals surface area contributed by atoms with Crippen molar-refractivity contribution in [2.45, 2.75) is 64.8 Å². The largest absolute Gasteiger partial charge is 0.345 e. The minimum atomic E-state index is -0.997. The molecule has 264 valence electrons. The van der Waals surface area contributed by atoms with E-state index in [0.29, 0.717) is 30.1 Å². The molecule has 1 aliphatic heterocycles. The summed E-state index contributed by atoms with van der Waals surface area (Å²) in [5, 5.41) is 22.5. The highest BCUT2D eigenvalue weighted by Crippen LogP contribution is 2.23. The smallest absolute Gasteiger partial charge is 0.271 e. The third-order valence-corrected chi connectivity index (χ3v) is 9.33. The predicted molar refractivity (Wildman–Crippen MR) is 189 cm³/mol. The SMILES string of the molecule is CC(C)[C@@H]1NC(=O)[C@H](C)NC(=O)c2csc(n2)[C@H](Cc2ccccc2)NC(=O)CN(Cc2ccc(C#N)cc2)CCN(C)C(=O)[C@@H](C)NC1=O. The molecule has 13 nitrogen and oxygen atoms in total. The van der Waals surface area contributed by atoms with Crippen molar-refractivity contribution in [3.8, 4) is 6.07 Å². The Morgan fingerprint density at radius 1 is 0.880 bits per heavy atom. The number of fused-ring (bicyclic) bond motifs is 2. The zero-order valence-corrected chi connectivity index (χ0v) is 29.8. The molecule has 4 N–H and O–H groups in total. The van der Waals surface area contributed by atoms with Crippen LogP contribution in [0.1, 0.15) is 65.9 Å². The zero-order valence-electron chi connectivity index (χ0n) is 28.9. The van der Waals surface area contributed by atoms with E-state index < -0.39 is 41.9 Å². The molecule has 0 saturated heterocycles. The first kappa shape index (κ1) is 37.7. The summed E-state index contributed by atoms with van der Waals surface area (Å²) in [5.41, 5.74) is 2.45. The Bertz CT molecular complexity index is 1700. The number of rotatable bonds is 5. The fraction of sp³-hybridized carbons (Fsp3) is 0.417. The topological polar surface area (TPSA) is 177 Å². The lowest BCUT2D eigenvalue weighted by Gasteiger charge is -2.29. The van der Waals surface area contributed by atoms with E-state index >= 15 is 0 Å². The van der Waals surface area contributed by atoms with Crippen molar-refractivity contribution in [3.63, 3.8) is 0 Å². The van der Waals surface area contributed by atoms with Crippen LogP contribution in [0.2, 0.25) is 0 Å². The van der Waals surface area contributed by atoms with Crippen LogP contribution in [-0.2, 0) is 32.1 Å². The number of hydrogen-bond donors (Lipinski definition) is 4. The molecule has 0 radical (unpaired) electrons. The summed E-state index contributed by atoms with van der Waals surface area (Å²) in [6, 6.07) is 15.4. The highest BCUT2D eigenvalue weighted by molar-refractivity contribution is 7.09. The molecule has 0 unspecified atom stereocenters. The third-order valence-electron chi connectivity index (χ3n) is 8.37. The molecule has 50 heavy (non-hydrogen) atoms. The van der Waals surface area contributed by atoms with Crippen molar-refractivity contribution in [1.82, 2.24) is 36.1 Å². The number of amides is 5. The number of nitriles is 1. The highest BCUT2D eigenvalue weighted by atomic mass is 32.1. The Morgan fingerprint density at radius 2 is 1.58 bits per heavy atom. The Kier molecular flexibility index (Phi) is 13.2. The lowest BCUT2D eigenvalue weighted by Crippen LogP contribution is -2.57. The van der Waals surface area contributed by atoms with E-state index in [-0.39, 0.29) is 36.5 Å². The summed E-state index contributed by atoms with van der Waals surface area (Å²) in [6.45, 7) is 7.56. The second-order valence-corrected chi connectivity index (χ2v) is 13.7. The molecule has 4 atom stereocenters. The van der Waals surface area contributed by atoms with Crippen molar-refractivity contribution in [1.29, 1.82) is 5.26 Å². The van der Waals surface area contributed by atoms with Crippen LogP contribution in [0.3, 0.4) is 0 Å². The van der Waals surface area contributed by atoms with Gasteiger partial charge in [0.1, 0.15) is 28.8 Å². The summed E-state index contributed by atoms with van der Waals surface area (Å²) < 4.78 is 0. The lowest BCUT2D eigenvalue weighted by molar-refractivity contribution is -0.136. The molecular formula is C36H44N8O5S. The predicted octanol–water partition coefficient (Wildman–Crippen LogP) is 2.15. The first-order valence-corrected chi connectivity index (χ1v) is 17.4. The van der Waals surface area contributed by atoms with Crippen LogP contribution in [0.15, 0.2) is 60.0 Å². The highest BCUT2D eigenvalue weighted by Gasteiger charge is 2.31. The number of carbonyl (C=O) groups is 5. The number of likely N-dealkylation sites (N-methyl/N-ethyl adjacent to an activating group) is 1. The number of benzene rings is 2. The molecule has 5 amide bonds. The van der Waals surface area contributed by atoms with Gasteiger partial charge in [0.25, 0.3) is 5.91 Å². The minimum absolute atomic E-state index is 0.0142. The second kappa shape index (κ2) is 17.5. The Balaban J connectivity index is 1.66. The van der Waals surface area contributed by atoms with E-state index in [2.05, 4.69) is 32.3 Å². The maximum Gasteiger partial charge on any atom is 0.271 e. The summed E-state index contributed by atoms with van der Waals surface area (Å²) in [5.74, 6) is -2.62. The van der Waals surface area contributed by atoms with Crippen molar-refractivity contribution >= 4 is 40.9 Å². The van der Waals surface area contributed by atoms with Gasteiger partial charge in [0.05, 0.1) is 24.2 Å². The van der Waals surface area contributed by atoms with Crippen molar-refractivity contribution in [2.75, 3.05) is 26.7 Å². The van der Waals surface area contributed by atoms with Crippen molar-refractivity contribution in [2.24, 2.45) is 5.92 Å². The maximum absolute atomic E-state index is 13.7. The van der Waals surface area contributed by atoms with Gasteiger partial charge in [-0.2, -0.15) is 5.26 Å². The van der Waals surface area contributed by atoms with E-state index in [1.807, 2.05) is 47.4 Å². The Morgan fingerprint density at radius 3 is 2.24 bits per heavy atom. The van der Waals surface area contributed by atoms with Crippen LogP contribution in [0, 0.1) is 17.2 Å². The average molecular weight is 701 g/mol. The fourth-order valence-electron chi connectivity index (χ4n) is 5.45. The molecule has 0 fully saturated rings. The molecule has 0 spiro atoms. The number of nitrogens with one attached hydrogen (secondary N) is 4. The monoisotopic (exact) mass is 700 g/mol. The fourth-order valence-corrected chi connectivity index (χ4v) is 6.30. The number of carbonyl (C=O) groups excluding carboxylic acids is 5. The van der Waals surface area contributed by atoms with Gasteiger partial charge < -0.3 is 26.2 Å². The molecular weight excluding hydrogens is 657 g/mol. The lowest BCUT2D eigenvalue weighted by atomic mass is 10.0. The Hall–Kier alpha value is -5.13. The first-order valence-electron chi connectivity index (χ1n) is 16.5. The van der Waals surface area contributed by atoms with Gasteiger partial charge in [-0.25, -0.2) is 4.98 Å². The number of aromatic nitrogens is 1. The normalized spacial score (nSPS) is 22.1. The summed E-state index contributed by atoms with van der Waals surface area (Å²) in [7, 11) is 1.63. The number of thiazole rings is 1. The quantitative estimate of drug-likeness (QED) is 0.313. The number of nitrogens with zero attached hydrogens (tertiary/aromatic N) is 4. The first-order chi connectivity index (χ1) is 23.8. The van der Waals surface area contributed by atoms with Crippen LogP contribution in [0.5, 0.6) is 0 Å². The van der Waals surface area contributed by atoms with Crippen molar-refractivity contribution < 1.29 is 24.0 Å². The number of hydrogen-bond acceptors (Lipinski definition) is 9. The molecule has 3 aromatic rings. The molecule has 14 heteroatoms. The minimum Gasteiger partial charge on any atom is -0.345 e. The molecule has 0 aliphatic carbocycles. The van der Waals surface area contributed by atoms with E-state index in [1.54, 1.807) is 45.3 Å². The van der Waals surface area contributed by atoms with Gasteiger partial charge in [-0.15, -0.1) is 11.3 Å². The van der Waals surface area contributed by atoms with Gasteiger partial charge in [-0.1, -0.05) is 56.3 Å². The van der Waals surface area contributed by atoms with E-state index in [9.17, 15) is 29.2 Å². The van der Waals surface area contributed by atoms with Gasteiger partial charge in [-0.05, 0) is 49.4 Å². The summed E-state index contributed by atoms with van der Waals surface area (Å²) >= 11 is 1.23. The summed E-state index contributed by atoms with van der Waals surface area (Å²) in [6.07, 6.45) is 0.419. The van der Waals surface area contributed by atoms with Gasteiger partial charge in [-0.3, -0.25) is 28.9 Å². The standard InChI is InChI=1S/C36H44N8O5S/c1-22(2)31-34(48)39-24(4)36(49)43(5)15-16-44(19-27-13-11-26(18-37)12-14-27)20-30(45)40-28(17-25-9-7-6-8-10-25)35-41-29(21-50-35)33(47)38-23(3)32(46)42-31/h6-14,21-24,28,31H,15-17,19-20H2,1-5H3,(H,38,47)(H,39,48)(H,40,45)(H,42,46)/t23-,24+,28-,31-/m0/s1. The molecule has 2 heterocycles. The van der Waals surface area contributed by atoms with Gasteiger partial charge in [0.2, 0.25) is 23.6 Å². The average Bonchev–Trinajstić information content (AvgIpc) is 3.59. The molecule has 1 aliphatic rings. The molecule has 2 bridgehead atoms. The van der Waals surface area contributed by atoms with Crippen LogP contribution in [-0.4, -0.2) is 89.1 Å². The van der Waals surface area contributed by atoms with Crippen LogP contribution < -0.4 is 21.3 Å². The molecule has 1 aromatic heterocycles.